The molecule has 2 N–H and O–H groups in total. The maximum Gasteiger partial charge on any atom is 0.338 e. The summed E-state index contributed by atoms with van der Waals surface area (Å²) in [7, 11) is 0. The number of carbonyl (C=O) groups excluding carboxylic acids is 2. The van der Waals surface area contributed by atoms with Gasteiger partial charge in [-0.05, 0) is 58.5 Å². The van der Waals surface area contributed by atoms with Crippen LogP contribution in [-0.2, 0) is 11.3 Å². The summed E-state index contributed by atoms with van der Waals surface area (Å²) in [6.45, 7) is 0.103. The van der Waals surface area contributed by atoms with E-state index in [2.05, 4.69) is 22.6 Å². The molecule has 2 aromatic carbocycles. The Balaban J connectivity index is 2.03. The standard InChI is InChI=1S/C15H12INO3/c16-13-6-2-5-12(8-13)15(19)20-9-10-3-1-4-11(7-10)14(17)18/h1-8H,9H2,(H2,17,18). The predicted molar refractivity (Wildman–Crippen MR) is 83.2 cm³/mol. The summed E-state index contributed by atoms with van der Waals surface area (Å²) in [5.74, 6) is -0.899. The summed E-state index contributed by atoms with van der Waals surface area (Å²) in [6.07, 6.45) is 0. The van der Waals surface area contributed by atoms with Crippen LogP contribution >= 0.6 is 22.6 Å². The summed E-state index contributed by atoms with van der Waals surface area (Å²) in [5, 5.41) is 0. The number of primary amides is 1. The molecule has 0 saturated carbocycles. The van der Waals surface area contributed by atoms with Gasteiger partial charge < -0.3 is 10.5 Å². The summed E-state index contributed by atoms with van der Waals surface area (Å²) in [6, 6.07) is 13.9. The van der Waals surface area contributed by atoms with E-state index in [4.69, 9.17) is 10.5 Å². The molecule has 0 saturated heterocycles. The Labute approximate surface area is 130 Å². The Bertz CT molecular complexity index is 655. The van der Waals surface area contributed by atoms with Crippen LogP contribution in [0.15, 0.2) is 48.5 Å². The molecule has 4 nitrogen and oxygen atoms in total. The molecule has 2 aromatic rings. The van der Waals surface area contributed by atoms with Gasteiger partial charge in [0.15, 0.2) is 0 Å². The van der Waals surface area contributed by atoms with E-state index in [0.29, 0.717) is 11.1 Å². The highest BCUT2D eigenvalue weighted by Crippen LogP contribution is 2.11. The highest BCUT2D eigenvalue weighted by Gasteiger charge is 2.08. The molecule has 1 amide bonds. The first-order valence-corrected chi connectivity index (χ1v) is 6.95. The monoisotopic (exact) mass is 381 g/mol. The molecular weight excluding hydrogens is 369 g/mol. The number of amides is 1. The Kier molecular flexibility index (Phi) is 4.73. The topological polar surface area (TPSA) is 69.4 Å². The first-order valence-electron chi connectivity index (χ1n) is 5.87. The summed E-state index contributed by atoms with van der Waals surface area (Å²) < 4.78 is 6.18. The van der Waals surface area contributed by atoms with Crippen molar-refractivity contribution in [3.05, 3.63) is 68.8 Å². The minimum atomic E-state index is -0.504. The molecule has 0 radical (unpaired) electrons. The zero-order valence-corrected chi connectivity index (χ0v) is 12.7. The van der Waals surface area contributed by atoms with Gasteiger partial charge in [-0.2, -0.15) is 0 Å². The first kappa shape index (κ1) is 14.5. The van der Waals surface area contributed by atoms with Crippen LogP contribution in [0, 0.1) is 3.57 Å². The van der Waals surface area contributed by atoms with Crippen LogP contribution < -0.4 is 5.73 Å². The number of ether oxygens (including phenoxy) is 1. The van der Waals surface area contributed by atoms with E-state index < -0.39 is 11.9 Å². The van der Waals surface area contributed by atoms with Crippen molar-refractivity contribution in [2.75, 3.05) is 0 Å². The maximum absolute atomic E-state index is 11.9. The van der Waals surface area contributed by atoms with Gasteiger partial charge in [0.2, 0.25) is 5.91 Å². The molecule has 5 heteroatoms. The Morgan fingerprint density at radius 1 is 1.05 bits per heavy atom. The van der Waals surface area contributed by atoms with Gasteiger partial charge >= 0.3 is 5.97 Å². The van der Waals surface area contributed by atoms with E-state index in [1.165, 1.54) is 0 Å². The Morgan fingerprint density at radius 2 is 1.75 bits per heavy atom. The second-order valence-corrected chi connectivity index (χ2v) is 5.40. The predicted octanol–water partition coefficient (Wildman–Crippen LogP) is 2.75. The van der Waals surface area contributed by atoms with Gasteiger partial charge in [0, 0.05) is 9.13 Å². The number of halogens is 1. The molecule has 0 heterocycles. The summed E-state index contributed by atoms with van der Waals surface area (Å²) in [5.41, 5.74) is 6.82. The number of esters is 1. The smallest absolute Gasteiger partial charge is 0.338 e. The van der Waals surface area contributed by atoms with Gasteiger partial charge in [0.05, 0.1) is 5.56 Å². The number of hydrogen-bond donors (Lipinski definition) is 1. The zero-order valence-electron chi connectivity index (χ0n) is 10.5. The van der Waals surface area contributed by atoms with Gasteiger partial charge in [0.1, 0.15) is 6.61 Å². The highest BCUT2D eigenvalue weighted by molar-refractivity contribution is 14.1. The van der Waals surface area contributed by atoms with Gasteiger partial charge in [-0.25, -0.2) is 4.79 Å². The number of rotatable bonds is 4. The van der Waals surface area contributed by atoms with E-state index in [1.54, 1.807) is 42.5 Å². The van der Waals surface area contributed by atoms with Crippen molar-refractivity contribution < 1.29 is 14.3 Å². The van der Waals surface area contributed by atoms with Crippen molar-refractivity contribution in [3.63, 3.8) is 0 Å². The van der Waals surface area contributed by atoms with E-state index in [-0.39, 0.29) is 6.61 Å². The Hall–Kier alpha value is -1.89. The molecule has 0 bridgehead atoms. The van der Waals surface area contributed by atoms with Crippen LogP contribution in [0.2, 0.25) is 0 Å². The summed E-state index contributed by atoms with van der Waals surface area (Å²) in [4.78, 5) is 22.9. The van der Waals surface area contributed by atoms with E-state index in [0.717, 1.165) is 9.13 Å². The van der Waals surface area contributed by atoms with Crippen molar-refractivity contribution in [1.82, 2.24) is 0 Å². The second-order valence-electron chi connectivity index (χ2n) is 4.15. The van der Waals surface area contributed by atoms with Crippen LogP contribution in [0.5, 0.6) is 0 Å². The van der Waals surface area contributed by atoms with Crippen molar-refractivity contribution in [3.8, 4) is 0 Å². The highest BCUT2D eigenvalue weighted by atomic mass is 127. The van der Waals surface area contributed by atoms with E-state index in [9.17, 15) is 9.59 Å². The zero-order chi connectivity index (χ0) is 14.5. The molecule has 20 heavy (non-hydrogen) atoms. The maximum atomic E-state index is 11.9. The van der Waals surface area contributed by atoms with E-state index in [1.807, 2.05) is 6.07 Å². The normalized spacial score (nSPS) is 10.1. The lowest BCUT2D eigenvalue weighted by molar-refractivity contribution is 0.0472. The second kappa shape index (κ2) is 6.51. The van der Waals surface area contributed by atoms with Crippen molar-refractivity contribution in [1.29, 1.82) is 0 Å². The molecule has 0 aliphatic carbocycles. The third-order valence-corrected chi connectivity index (χ3v) is 3.31. The number of carbonyl (C=O) groups is 2. The fourth-order valence-corrected chi connectivity index (χ4v) is 2.21. The molecule has 0 aromatic heterocycles. The van der Waals surface area contributed by atoms with Gasteiger partial charge in [0.25, 0.3) is 0 Å². The summed E-state index contributed by atoms with van der Waals surface area (Å²) >= 11 is 2.13. The third kappa shape index (κ3) is 3.80. The minimum Gasteiger partial charge on any atom is -0.457 e. The van der Waals surface area contributed by atoms with Crippen LogP contribution in [-0.4, -0.2) is 11.9 Å². The fourth-order valence-electron chi connectivity index (χ4n) is 1.66. The fraction of sp³-hybridized carbons (Fsp3) is 0.0667. The molecule has 0 spiro atoms. The SMILES string of the molecule is NC(=O)c1cccc(COC(=O)c2cccc(I)c2)c1. The molecule has 0 unspecified atom stereocenters. The molecule has 0 atom stereocenters. The molecule has 0 fully saturated rings. The molecule has 2 rings (SSSR count). The molecule has 0 aliphatic heterocycles. The average Bonchev–Trinajstić information content (AvgIpc) is 2.45. The lowest BCUT2D eigenvalue weighted by Gasteiger charge is -2.06. The lowest BCUT2D eigenvalue weighted by atomic mass is 10.1. The van der Waals surface area contributed by atoms with Crippen LogP contribution in [0.4, 0.5) is 0 Å². The average molecular weight is 381 g/mol. The lowest BCUT2D eigenvalue weighted by Crippen LogP contribution is -2.11. The van der Waals surface area contributed by atoms with Crippen LogP contribution in [0.3, 0.4) is 0 Å². The number of benzene rings is 2. The van der Waals surface area contributed by atoms with Crippen LogP contribution in [0.25, 0.3) is 0 Å². The van der Waals surface area contributed by atoms with Gasteiger partial charge in [-0.3, -0.25) is 4.79 Å². The largest absolute Gasteiger partial charge is 0.457 e. The quantitative estimate of drug-likeness (QED) is 0.654. The molecular formula is C15H12INO3. The first-order chi connectivity index (χ1) is 9.56. The Morgan fingerprint density at radius 3 is 2.45 bits per heavy atom. The molecule has 102 valence electrons. The van der Waals surface area contributed by atoms with Crippen LogP contribution in [0.1, 0.15) is 26.3 Å². The van der Waals surface area contributed by atoms with Crippen molar-refractivity contribution >= 4 is 34.5 Å². The number of nitrogens with two attached hydrogens (primary N) is 1. The number of hydrogen-bond acceptors (Lipinski definition) is 3. The third-order valence-electron chi connectivity index (χ3n) is 2.64. The van der Waals surface area contributed by atoms with Crippen molar-refractivity contribution in [2.24, 2.45) is 5.73 Å². The van der Waals surface area contributed by atoms with Gasteiger partial charge in [-0.15, -0.1) is 0 Å². The van der Waals surface area contributed by atoms with Crippen molar-refractivity contribution in [2.45, 2.75) is 6.61 Å². The van der Waals surface area contributed by atoms with E-state index >= 15 is 0 Å². The minimum absolute atomic E-state index is 0.103. The van der Waals surface area contributed by atoms with Gasteiger partial charge in [-0.1, -0.05) is 18.2 Å². The molecule has 0 aliphatic rings.